The molecule has 21 heavy (non-hydrogen) atoms. The van der Waals surface area contributed by atoms with Crippen LogP contribution in [0.2, 0.25) is 0 Å². The standard InChI is InChI=1S/C14H19N5OS/c1-3-10(2)11-4-6-12(7-5-11)17-13(20)8-21-14-18-16-9-19(14)15/h4-7,9-10H,3,8,15H2,1-2H3,(H,17,20). The Hall–Kier alpha value is -2.02. The molecule has 1 aromatic heterocycles. The lowest BCUT2D eigenvalue weighted by molar-refractivity contribution is -0.113. The van der Waals surface area contributed by atoms with Crippen molar-refractivity contribution in [2.45, 2.75) is 31.3 Å². The van der Waals surface area contributed by atoms with Gasteiger partial charge in [0.2, 0.25) is 11.1 Å². The van der Waals surface area contributed by atoms with Crippen LogP contribution in [0.4, 0.5) is 5.69 Å². The molecule has 0 saturated carbocycles. The fraction of sp³-hybridized carbons (Fsp3) is 0.357. The quantitative estimate of drug-likeness (QED) is 0.631. The van der Waals surface area contributed by atoms with Crippen molar-refractivity contribution in [1.82, 2.24) is 14.9 Å². The molecule has 7 heteroatoms. The summed E-state index contributed by atoms with van der Waals surface area (Å²) in [5.74, 6) is 6.25. The molecule has 1 heterocycles. The zero-order valence-electron chi connectivity index (χ0n) is 12.1. The van der Waals surface area contributed by atoms with Gasteiger partial charge in [0.1, 0.15) is 6.33 Å². The van der Waals surface area contributed by atoms with Gasteiger partial charge < -0.3 is 11.2 Å². The Bertz CT molecular complexity index is 596. The fourth-order valence-electron chi connectivity index (χ4n) is 1.79. The molecule has 0 aliphatic carbocycles. The molecule has 0 radical (unpaired) electrons. The summed E-state index contributed by atoms with van der Waals surface area (Å²) in [5, 5.41) is 10.8. The van der Waals surface area contributed by atoms with Gasteiger partial charge in [-0.1, -0.05) is 37.7 Å². The van der Waals surface area contributed by atoms with Crippen LogP contribution in [0, 0.1) is 0 Å². The third kappa shape index (κ3) is 4.22. The number of hydrogen-bond donors (Lipinski definition) is 2. The van der Waals surface area contributed by atoms with Crippen LogP contribution in [-0.2, 0) is 4.79 Å². The van der Waals surface area contributed by atoms with Crippen LogP contribution in [0.3, 0.4) is 0 Å². The highest BCUT2D eigenvalue weighted by molar-refractivity contribution is 7.99. The third-order valence-electron chi connectivity index (χ3n) is 3.25. The minimum atomic E-state index is -0.0979. The lowest BCUT2D eigenvalue weighted by Crippen LogP contribution is -2.15. The smallest absolute Gasteiger partial charge is 0.234 e. The van der Waals surface area contributed by atoms with Gasteiger partial charge in [-0.05, 0) is 30.0 Å². The second-order valence-corrected chi connectivity index (χ2v) is 5.73. The van der Waals surface area contributed by atoms with Gasteiger partial charge in [-0.3, -0.25) is 4.79 Å². The SMILES string of the molecule is CCC(C)c1ccc(NC(=O)CSc2nncn2N)cc1. The van der Waals surface area contributed by atoms with Crippen molar-refractivity contribution in [2.75, 3.05) is 16.9 Å². The van der Waals surface area contributed by atoms with E-state index < -0.39 is 0 Å². The van der Waals surface area contributed by atoms with E-state index in [1.54, 1.807) is 0 Å². The first-order valence-electron chi connectivity index (χ1n) is 6.78. The molecule has 1 aromatic carbocycles. The molecule has 1 unspecified atom stereocenters. The number of thioether (sulfide) groups is 1. The predicted molar refractivity (Wildman–Crippen MR) is 84.7 cm³/mol. The molecule has 6 nitrogen and oxygen atoms in total. The molecule has 1 atom stereocenters. The van der Waals surface area contributed by atoms with Gasteiger partial charge in [0.15, 0.2) is 0 Å². The van der Waals surface area contributed by atoms with Crippen molar-refractivity contribution in [3.63, 3.8) is 0 Å². The topological polar surface area (TPSA) is 85.8 Å². The van der Waals surface area contributed by atoms with Gasteiger partial charge >= 0.3 is 0 Å². The molecule has 0 aliphatic heterocycles. The van der Waals surface area contributed by atoms with Crippen LogP contribution < -0.4 is 11.2 Å². The first-order chi connectivity index (χ1) is 10.1. The maximum Gasteiger partial charge on any atom is 0.234 e. The number of nitrogens with two attached hydrogens (primary N) is 1. The normalized spacial score (nSPS) is 12.1. The number of anilines is 1. The number of carbonyl (C=O) groups excluding carboxylic acids is 1. The van der Waals surface area contributed by atoms with E-state index in [0.717, 1.165) is 12.1 Å². The molecule has 2 rings (SSSR count). The summed E-state index contributed by atoms with van der Waals surface area (Å²) in [6.45, 7) is 4.35. The Balaban J connectivity index is 1.86. The lowest BCUT2D eigenvalue weighted by Gasteiger charge is -2.10. The summed E-state index contributed by atoms with van der Waals surface area (Å²) >= 11 is 1.25. The van der Waals surface area contributed by atoms with Crippen molar-refractivity contribution in [1.29, 1.82) is 0 Å². The van der Waals surface area contributed by atoms with Gasteiger partial charge in [-0.25, -0.2) is 4.68 Å². The first kappa shape index (κ1) is 15.4. The van der Waals surface area contributed by atoms with E-state index in [0.29, 0.717) is 11.1 Å². The summed E-state index contributed by atoms with van der Waals surface area (Å²) in [6.07, 6.45) is 2.50. The Labute approximate surface area is 128 Å². The highest BCUT2D eigenvalue weighted by Gasteiger charge is 2.08. The summed E-state index contributed by atoms with van der Waals surface area (Å²) in [5.41, 5.74) is 2.07. The molecule has 0 fully saturated rings. The van der Waals surface area contributed by atoms with E-state index in [1.165, 1.54) is 28.3 Å². The van der Waals surface area contributed by atoms with Crippen LogP contribution in [0.15, 0.2) is 35.7 Å². The Morgan fingerprint density at radius 1 is 1.43 bits per heavy atom. The van der Waals surface area contributed by atoms with E-state index in [2.05, 4.69) is 29.4 Å². The molecule has 0 aliphatic rings. The molecule has 3 N–H and O–H groups in total. The maximum absolute atomic E-state index is 11.9. The molecule has 0 spiro atoms. The second kappa shape index (κ2) is 7.12. The van der Waals surface area contributed by atoms with Gasteiger partial charge in [-0.15, -0.1) is 10.2 Å². The summed E-state index contributed by atoms with van der Waals surface area (Å²) in [7, 11) is 0. The monoisotopic (exact) mass is 305 g/mol. The summed E-state index contributed by atoms with van der Waals surface area (Å²) in [4.78, 5) is 11.9. The van der Waals surface area contributed by atoms with Crippen LogP contribution in [0.1, 0.15) is 31.7 Å². The number of carbonyl (C=O) groups is 1. The molecular weight excluding hydrogens is 286 g/mol. The minimum absolute atomic E-state index is 0.0979. The number of rotatable bonds is 6. The summed E-state index contributed by atoms with van der Waals surface area (Å²) < 4.78 is 1.29. The Morgan fingerprint density at radius 3 is 2.71 bits per heavy atom. The average Bonchev–Trinajstić information content (AvgIpc) is 2.90. The van der Waals surface area contributed by atoms with Gasteiger partial charge in [0, 0.05) is 5.69 Å². The van der Waals surface area contributed by atoms with Crippen molar-refractivity contribution < 1.29 is 4.79 Å². The largest absolute Gasteiger partial charge is 0.336 e. The molecule has 1 amide bonds. The Kier molecular flexibility index (Phi) is 5.21. The van der Waals surface area contributed by atoms with E-state index in [-0.39, 0.29) is 11.7 Å². The zero-order chi connectivity index (χ0) is 15.2. The average molecular weight is 305 g/mol. The fourth-order valence-corrected chi connectivity index (χ4v) is 2.43. The van der Waals surface area contributed by atoms with E-state index in [1.807, 2.05) is 24.3 Å². The minimum Gasteiger partial charge on any atom is -0.336 e. The predicted octanol–water partition coefficient (Wildman–Crippen LogP) is 2.24. The number of nitrogens with zero attached hydrogens (tertiary/aromatic N) is 3. The maximum atomic E-state index is 11.9. The number of nitrogen functional groups attached to an aromatic ring is 1. The van der Waals surface area contributed by atoms with Crippen LogP contribution >= 0.6 is 11.8 Å². The number of aromatic nitrogens is 3. The molecule has 112 valence electrons. The van der Waals surface area contributed by atoms with Crippen LogP contribution in [-0.4, -0.2) is 26.5 Å². The number of benzene rings is 1. The van der Waals surface area contributed by atoms with E-state index in [9.17, 15) is 4.79 Å². The van der Waals surface area contributed by atoms with Gasteiger partial charge in [0.25, 0.3) is 0 Å². The van der Waals surface area contributed by atoms with E-state index in [4.69, 9.17) is 5.84 Å². The van der Waals surface area contributed by atoms with Gasteiger partial charge in [-0.2, -0.15) is 0 Å². The number of nitrogens with one attached hydrogen (secondary N) is 1. The first-order valence-corrected chi connectivity index (χ1v) is 7.76. The molecule has 0 bridgehead atoms. The third-order valence-corrected chi connectivity index (χ3v) is 4.21. The molecular formula is C14H19N5OS. The van der Waals surface area contributed by atoms with Crippen molar-refractivity contribution in [2.24, 2.45) is 0 Å². The van der Waals surface area contributed by atoms with E-state index >= 15 is 0 Å². The zero-order valence-corrected chi connectivity index (χ0v) is 12.9. The van der Waals surface area contributed by atoms with Crippen molar-refractivity contribution in [3.8, 4) is 0 Å². The van der Waals surface area contributed by atoms with Crippen LogP contribution in [0.5, 0.6) is 0 Å². The van der Waals surface area contributed by atoms with Crippen molar-refractivity contribution in [3.05, 3.63) is 36.2 Å². The van der Waals surface area contributed by atoms with Gasteiger partial charge in [0.05, 0.1) is 5.75 Å². The highest BCUT2D eigenvalue weighted by atomic mass is 32.2. The lowest BCUT2D eigenvalue weighted by atomic mass is 9.99. The number of hydrogen-bond acceptors (Lipinski definition) is 5. The Morgan fingerprint density at radius 2 is 2.14 bits per heavy atom. The highest BCUT2D eigenvalue weighted by Crippen LogP contribution is 2.20. The summed E-state index contributed by atoms with van der Waals surface area (Å²) in [6, 6.07) is 7.95. The second-order valence-electron chi connectivity index (χ2n) is 4.79. The molecule has 0 saturated heterocycles. The van der Waals surface area contributed by atoms with Crippen LogP contribution in [0.25, 0.3) is 0 Å². The molecule has 2 aromatic rings. The number of amides is 1. The van der Waals surface area contributed by atoms with Crippen molar-refractivity contribution >= 4 is 23.4 Å².